The molecule has 0 aliphatic heterocycles. The van der Waals surface area contributed by atoms with E-state index in [2.05, 4.69) is 10.4 Å². The molecule has 4 nitrogen and oxygen atoms in total. The number of rotatable bonds is 3. The van der Waals surface area contributed by atoms with Gasteiger partial charge in [0.2, 0.25) is 0 Å². The fourth-order valence-corrected chi connectivity index (χ4v) is 2.41. The molecule has 128 valence electrons. The van der Waals surface area contributed by atoms with Crippen molar-refractivity contribution < 1.29 is 18.0 Å². The van der Waals surface area contributed by atoms with E-state index in [1.54, 1.807) is 30.3 Å². The third-order valence-corrected chi connectivity index (χ3v) is 3.64. The maximum Gasteiger partial charge on any atom is 0.434 e. The lowest BCUT2D eigenvalue weighted by atomic mass is 10.2. The van der Waals surface area contributed by atoms with Crippen molar-refractivity contribution in [3.05, 3.63) is 77.1 Å². The minimum absolute atomic E-state index is 0.149. The molecular formula is C17H11ClF3N3O. The highest BCUT2D eigenvalue weighted by atomic mass is 35.5. The Hall–Kier alpha value is -2.80. The van der Waals surface area contributed by atoms with Gasteiger partial charge in [-0.2, -0.15) is 18.3 Å². The molecule has 0 saturated heterocycles. The summed E-state index contributed by atoms with van der Waals surface area (Å²) in [5.74, 6) is -0.890. The Balaban J connectivity index is 2.03. The molecule has 0 aliphatic carbocycles. The van der Waals surface area contributed by atoms with Gasteiger partial charge in [-0.15, -0.1) is 0 Å². The Bertz CT molecular complexity index is 890. The smallest absolute Gasteiger partial charge is 0.322 e. The van der Waals surface area contributed by atoms with Crippen molar-refractivity contribution in [1.82, 2.24) is 9.78 Å². The number of para-hydroxylation sites is 1. The van der Waals surface area contributed by atoms with E-state index in [0.717, 1.165) is 6.20 Å². The summed E-state index contributed by atoms with van der Waals surface area (Å²) in [6.07, 6.45) is -3.87. The van der Waals surface area contributed by atoms with Crippen LogP contribution in [0.1, 0.15) is 16.1 Å². The number of nitrogens with one attached hydrogen (secondary N) is 1. The molecule has 3 aromatic rings. The van der Waals surface area contributed by atoms with Crippen molar-refractivity contribution in [1.29, 1.82) is 0 Å². The summed E-state index contributed by atoms with van der Waals surface area (Å²) < 4.78 is 41.3. The highest BCUT2D eigenvalue weighted by molar-refractivity contribution is 6.30. The molecule has 1 aromatic heterocycles. The van der Waals surface area contributed by atoms with Crippen LogP contribution in [0.4, 0.5) is 18.9 Å². The predicted octanol–water partition coefficient (Wildman–Crippen LogP) is 4.80. The second kappa shape index (κ2) is 6.60. The summed E-state index contributed by atoms with van der Waals surface area (Å²) in [5, 5.41) is 6.55. The van der Waals surface area contributed by atoms with Gasteiger partial charge in [0.1, 0.15) is 0 Å². The van der Waals surface area contributed by atoms with Gasteiger partial charge in [0.15, 0.2) is 5.69 Å². The van der Waals surface area contributed by atoms with Crippen LogP contribution in [0.5, 0.6) is 0 Å². The van der Waals surface area contributed by atoms with E-state index in [1.165, 1.54) is 24.3 Å². The van der Waals surface area contributed by atoms with Crippen molar-refractivity contribution in [2.45, 2.75) is 6.18 Å². The maximum atomic E-state index is 13.5. The topological polar surface area (TPSA) is 46.9 Å². The Morgan fingerprint density at radius 3 is 2.28 bits per heavy atom. The van der Waals surface area contributed by atoms with Crippen LogP contribution in [-0.4, -0.2) is 15.7 Å². The molecule has 0 radical (unpaired) electrons. The summed E-state index contributed by atoms with van der Waals surface area (Å²) in [5.41, 5.74) is -1.18. The van der Waals surface area contributed by atoms with Crippen molar-refractivity contribution in [3.8, 4) is 5.69 Å². The van der Waals surface area contributed by atoms with Gasteiger partial charge >= 0.3 is 6.18 Å². The van der Waals surface area contributed by atoms with Gasteiger partial charge in [0.25, 0.3) is 5.91 Å². The van der Waals surface area contributed by atoms with E-state index >= 15 is 0 Å². The standard InChI is InChI=1S/C17H11ClF3N3O/c18-11-6-8-13(9-7-11)24-15(17(19,20)21)14(10-22-24)16(25)23-12-4-2-1-3-5-12/h1-10H,(H,23,25). The maximum absolute atomic E-state index is 13.5. The molecule has 0 aliphatic rings. The number of amides is 1. The highest BCUT2D eigenvalue weighted by Crippen LogP contribution is 2.34. The van der Waals surface area contributed by atoms with Gasteiger partial charge in [-0.05, 0) is 36.4 Å². The number of carbonyl (C=O) groups excluding carboxylic acids is 1. The summed E-state index contributed by atoms with van der Waals surface area (Å²) in [7, 11) is 0. The molecule has 2 aromatic carbocycles. The molecule has 25 heavy (non-hydrogen) atoms. The van der Waals surface area contributed by atoms with Crippen LogP contribution in [0, 0.1) is 0 Å². The summed E-state index contributed by atoms with van der Waals surface area (Å²) in [6, 6.07) is 13.9. The normalized spacial score (nSPS) is 11.4. The quantitative estimate of drug-likeness (QED) is 0.725. The van der Waals surface area contributed by atoms with Gasteiger partial charge < -0.3 is 5.32 Å². The lowest BCUT2D eigenvalue weighted by molar-refractivity contribution is -0.143. The van der Waals surface area contributed by atoms with Crippen LogP contribution in [0.15, 0.2) is 60.8 Å². The molecule has 0 bridgehead atoms. The van der Waals surface area contributed by atoms with Crippen LogP contribution in [-0.2, 0) is 6.18 Å². The average Bonchev–Trinajstić information content (AvgIpc) is 3.02. The fraction of sp³-hybridized carbons (Fsp3) is 0.0588. The molecule has 8 heteroatoms. The molecule has 0 fully saturated rings. The van der Waals surface area contributed by atoms with E-state index < -0.39 is 23.3 Å². The van der Waals surface area contributed by atoms with Crippen LogP contribution >= 0.6 is 11.6 Å². The molecular weight excluding hydrogens is 355 g/mol. The lowest BCUT2D eigenvalue weighted by Gasteiger charge is -2.13. The molecule has 0 unspecified atom stereocenters. The zero-order valence-corrected chi connectivity index (χ0v) is 13.3. The third kappa shape index (κ3) is 3.66. The molecule has 3 rings (SSSR count). The predicted molar refractivity (Wildman–Crippen MR) is 88.0 cm³/mol. The Labute approximate surface area is 145 Å². The SMILES string of the molecule is O=C(Nc1ccccc1)c1cnn(-c2ccc(Cl)cc2)c1C(F)(F)F. The number of halogens is 4. The van der Waals surface area contributed by atoms with Crippen molar-refractivity contribution in [3.63, 3.8) is 0 Å². The Morgan fingerprint density at radius 2 is 1.68 bits per heavy atom. The van der Waals surface area contributed by atoms with Crippen molar-refractivity contribution in [2.24, 2.45) is 0 Å². The molecule has 1 heterocycles. The van der Waals surface area contributed by atoms with Crippen molar-refractivity contribution >= 4 is 23.2 Å². The summed E-state index contributed by atoms with van der Waals surface area (Å²) >= 11 is 5.76. The molecule has 1 N–H and O–H groups in total. The van der Waals surface area contributed by atoms with Crippen LogP contribution in [0.25, 0.3) is 5.69 Å². The van der Waals surface area contributed by atoms with Gasteiger partial charge in [0.05, 0.1) is 17.4 Å². The molecule has 0 saturated carbocycles. The molecule has 1 amide bonds. The number of alkyl halides is 3. The summed E-state index contributed by atoms with van der Waals surface area (Å²) in [6.45, 7) is 0. The first-order chi connectivity index (χ1) is 11.9. The number of benzene rings is 2. The van der Waals surface area contributed by atoms with E-state index in [0.29, 0.717) is 15.4 Å². The van der Waals surface area contributed by atoms with Crippen molar-refractivity contribution in [2.75, 3.05) is 5.32 Å². The number of nitrogens with zero attached hydrogens (tertiary/aromatic N) is 2. The molecule has 0 atom stereocenters. The minimum atomic E-state index is -4.76. The number of carbonyl (C=O) groups is 1. The zero-order valence-electron chi connectivity index (χ0n) is 12.6. The Morgan fingerprint density at radius 1 is 1.04 bits per heavy atom. The largest absolute Gasteiger partial charge is 0.434 e. The second-order valence-corrected chi connectivity index (χ2v) is 5.55. The van der Waals surface area contributed by atoms with Crippen LogP contribution in [0.3, 0.4) is 0 Å². The third-order valence-electron chi connectivity index (χ3n) is 3.39. The number of hydrogen-bond donors (Lipinski definition) is 1. The monoisotopic (exact) mass is 365 g/mol. The Kier molecular flexibility index (Phi) is 4.50. The lowest BCUT2D eigenvalue weighted by Crippen LogP contribution is -2.20. The van der Waals surface area contributed by atoms with Gasteiger partial charge in [0, 0.05) is 10.7 Å². The minimum Gasteiger partial charge on any atom is -0.322 e. The first-order valence-corrected chi connectivity index (χ1v) is 7.51. The van der Waals surface area contributed by atoms with E-state index in [-0.39, 0.29) is 5.69 Å². The number of aromatic nitrogens is 2. The van der Waals surface area contributed by atoms with Gasteiger partial charge in [-0.25, -0.2) is 4.68 Å². The summed E-state index contributed by atoms with van der Waals surface area (Å²) in [4.78, 5) is 12.3. The van der Waals surface area contributed by atoms with Gasteiger partial charge in [-0.1, -0.05) is 29.8 Å². The first kappa shape index (κ1) is 17.0. The van der Waals surface area contributed by atoms with E-state index in [4.69, 9.17) is 11.6 Å². The van der Waals surface area contributed by atoms with Crippen LogP contribution in [0.2, 0.25) is 5.02 Å². The number of anilines is 1. The second-order valence-electron chi connectivity index (χ2n) is 5.11. The number of hydrogen-bond acceptors (Lipinski definition) is 2. The van der Waals surface area contributed by atoms with E-state index in [1.807, 2.05) is 0 Å². The average molecular weight is 366 g/mol. The first-order valence-electron chi connectivity index (χ1n) is 7.14. The molecule has 0 spiro atoms. The fourth-order valence-electron chi connectivity index (χ4n) is 2.29. The van der Waals surface area contributed by atoms with Gasteiger partial charge in [-0.3, -0.25) is 4.79 Å². The zero-order chi connectivity index (χ0) is 18.0. The highest BCUT2D eigenvalue weighted by Gasteiger charge is 2.40. The van der Waals surface area contributed by atoms with Crippen LogP contribution < -0.4 is 5.32 Å². The van der Waals surface area contributed by atoms with E-state index in [9.17, 15) is 18.0 Å².